The summed E-state index contributed by atoms with van der Waals surface area (Å²) >= 11 is 6.12. The van der Waals surface area contributed by atoms with Gasteiger partial charge in [-0.1, -0.05) is 25.1 Å². The highest BCUT2D eigenvalue weighted by atomic mass is 35.5. The molecule has 0 spiro atoms. The second-order valence-electron chi connectivity index (χ2n) is 4.77. The molecular weight excluding hydrogens is 293 g/mol. The number of hydrogen-bond acceptors (Lipinski definition) is 3. The summed E-state index contributed by atoms with van der Waals surface area (Å²) in [5.74, 6) is 0.414. The molecule has 21 heavy (non-hydrogen) atoms. The summed E-state index contributed by atoms with van der Waals surface area (Å²) in [6, 6.07) is 4.94. The third-order valence-electron chi connectivity index (χ3n) is 3.14. The van der Waals surface area contributed by atoms with E-state index in [1.807, 2.05) is 18.9 Å². The Bertz CT molecular complexity index is 505. The molecule has 0 aliphatic heterocycles. The second-order valence-corrected chi connectivity index (χ2v) is 5.18. The highest BCUT2D eigenvalue weighted by molar-refractivity contribution is 6.32. The van der Waals surface area contributed by atoms with E-state index in [2.05, 4.69) is 6.58 Å². The fraction of sp³-hybridized carbons (Fsp3) is 0.438. The Hall–Kier alpha value is -1.39. The quantitative estimate of drug-likeness (QED) is 0.513. The number of Topliss-reactive ketones (excluding diaryl/α,β-unsaturated/α-hetero) is 1. The van der Waals surface area contributed by atoms with Gasteiger partial charge >= 0.3 is 0 Å². The molecule has 116 valence electrons. The van der Waals surface area contributed by atoms with Gasteiger partial charge in [0, 0.05) is 18.7 Å². The maximum Gasteiger partial charge on any atom is 0.188 e. The molecule has 1 aromatic rings. The van der Waals surface area contributed by atoms with Crippen LogP contribution in [0.25, 0.3) is 0 Å². The molecule has 0 atom stereocenters. The minimum atomic E-state index is -0.380. The number of alkyl halides is 1. The Morgan fingerprint density at radius 3 is 2.71 bits per heavy atom. The average molecular weight is 314 g/mol. The Labute approximate surface area is 130 Å². The summed E-state index contributed by atoms with van der Waals surface area (Å²) < 4.78 is 17.7. The van der Waals surface area contributed by atoms with Crippen molar-refractivity contribution in [2.24, 2.45) is 0 Å². The predicted molar refractivity (Wildman–Crippen MR) is 84.2 cm³/mol. The van der Waals surface area contributed by atoms with Crippen LogP contribution in [0.4, 0.5) is 4.39 Å². The molecule has 0 unspecified atom stereocenters. The van der Waals surface area contributed by atoms with Crippen LogP contribution >= 0.6 is 11.6 Å². The van der Waals surface area contributed by atoms with E-state index in [-0.39, 0.29) is 12.5 Å². The van der Waals surface area contributed by atoms with Crippen LogP contribution in [0.2, 0.25) is 5.02 Å². The van der Waals surface area contributed by atoms with Crippen LogP contribution in [0.1, 0.15) is 23.7 Å². The maximum atomic E-state index is 12.1. The Morgan fingerprint density at radius 2 is 2.14 bits per heavy atom. The topological polar surface area (TPSA) is 29.5 Å². The lowest BCUT2D eigenvalue weighted by Gasteiger charge is -2.15. The number of benzene rings is 1. The van der Waals surface area contributed by atoms with Gasteiger partial charge in [0.2, 0.25) is 0 Å². The van der Waals surface area contributed by atoms with Crippen LogP contribution < -0.4 is 4.74 Å². The van der Waals surface area contributed by atoms with Gasteiger partial charge in [0.05, 0.1) is 5.02 Å². The van der Waals surface area contributed by atoms with E-state index < -0.39 is 0 Å². The van der Waals surface area contributed by atoms with Crippen molar-refractivity contribution < 1.29 is 13.9 Å². The number of carbonyl (C=O) groups excluding carboxylic acids is 1. The second kappa shape index (κ2) is 8.80. The van der Waals surface area contributed by atoms with E-state index in [9.17, 15) is 9.18 Å². The Balaban J connectivity index is 2.62. The van der Waals surface area contributed by atoms with Crippen LogP contribution in [-0.4, -0.2) is 44.1 Å². The number of likely N-dealkylation sites (N-methyl/N-ethyl adjacent to an activating group) is 1. The number of ether oxygens (including phenoxy) is 1. The molecule has 0 aliphatic rings. The zero-order valence-corrected chi connectivity index (χ0v) is 13.3. The Kier molecular flexibility index (Phi) is 7.40. The minimum Gasteiger partial charge on any atom is -0.491 e. The molecule has 0 aliphatic carbocycles. The van der Waals surface area contributed by atoms with Crippen LogP contribution in [0.15, 0.2) is 30.4 Å². The van der Waals surface area contributed by atoms with Gasteiger partial charge in [-0.2, -0.15) is 0 Å². The molecule has 0 radical (unpaired) electrons. The minimum absolute atomic E-state index is 0.103. The first-order valence-electron chi connectivity index (χ1n) is 6.89. The lowest BCUT2D eigenvalue weighted by Crippen LogP contribution is -2.26. The average Bonchev–Trinajstić information content (AvgIpc) is 2.47. The standard InChI is InChI=1S/C16H21ClFNO2/c1-4-12(2)16(20)13-5-6-15(14(17)11-13)21-10-9-19(3)8-7-18/h5-6,11H,2,4,7-10H2,1,3H3. The first-order valence-corrected chi connectivity index (χ1v) is 7.26. The van der Waals surface area contributed by atoms with Crippen molar-refractivity contribution >= 4 is 17.4 Å². The van der Waals surface area contributed by atoms with E-state index in [1.54, 1.807) is 18.2 Å². The number of allylic oxidation sites excluding steroid dienone is 1. The van der Waals surface area contributed by atoms with Gasteiger partial charge in [0.25, 0.3) is 0 Å². The molecule has 0 aromatic heterocycles. The molecule has 1 rings (SSSR count). The molecule has 5 heteroatoms. The highest BCUT2D eigenvalue weighted by Gasteiger charge is 2.11. The van der Waals surface area contributed by atoms with Gasteiger partial charge in [-0.15, -0.1) is 0 Å². The zero-order valence-electron chi connectivity index (χ0n) is 12.5. The summed E-state index contributed by atoms with van der Waals surface area (Å²) in [4.78, 5) is 13.8. The maximum absolute atomic E-state index is 12.1. The summed E-state index contributed by atoms with van der Waals surface area (Å²) in [5.41, 5.74) is 1.06. The summed E-state index contributed by atoms with van der Waals surface area (Å²) in [5, 5.41) is 0.387. The Morgan fingerprint density at radius 1 is 1.43 bits per heavy atom. The van der Waals surface area contributed by atoms with Crippen molar-refractivity contribution in [3.63, 3.8) is 0 Å². The third-order valence-corrected chi connectivity index (χ3v) is 3.43. The zero-order chi connectivity index (χ0) is 15.8. The SMILES string of the molecule is C=C(CC)C(=O)c1ccc(OCCN(C)CCF)c(Cl)c1. The van der Waals surface area contributed by atoms with Gasteiger partial charge < -0.3 is 9.64 Å². The van der Waals surface area contributed by atoms with Crippen LogP contribution in [0.3, 0.4) is 0 Å². The fourth-order valence-electron chi connectivity index (χ4n) is 1.69. The molecule has 0 saturated heterocycles. The molecule has 0 heterocycles. The van der Waals surface area contributed by atoms with Crippen molar-refractivity contribution in [3.05, 3.63) is 40.9 Å². The van der Waals surface area contributed by atoms with Crippen molar-refractivity contribution in [1.29, 1.82) is 0 Å². The van der Waals surface area contributed by atoms with Crippen LogP contribution in [0, 0.1) is 0 Å². The summed E-state index contributed by atoms with van der Waals surface area (Å²) in [6.07, 6.45) is 0.607. The molecule has 0 fully saturated rings. The van der Waals surface area contributed by atoms with E-state index in [1.165, 1.54) is 0 Å². The predicted octanol–water partition coefficient (Wildman–Crippen LogP) is 3.77. The largest absolute Gasteiger partial charge is 0.491 e. The van der Waals surface area contributed by atoms with Crippen LogP contribution in [0.5, 0.6) is 5.75 Å². The number of nitrogens with zero attached hydrogens (tertiary/aromatic N) is 1. The number of carbonyl (C=O) groups is 1. The molecule has 0 N–H and O–H groups in total. The lowest BCUT2D eigenvalue weighted by atomic mass is 10.0. The number of hydrogen-bond donors (Lipinski definition) is 0. The van der Waals surface area contributed by atoms with Gasteiger partial charge in [0.1, 0.15) is 19.0 Å². The van der Waals surface area contributed by atoms with E-state index >= 15 is 0 Å². The van der Waals surface area contributed by atoms with E-state index in [0.29, 0.717) is 48.0 Å². The summed E-state index contributed by atoms with van der Waals surface area (Å²) in [6.45, 7) is 6.62. The number of halogens is 2. The number of ketones is 1. The normalized spacial score (nSPS) is 10.7. The van der Waals surface area contributed by atoms with E-state index in [4.69, 9.17) is 16.3 Å². The highest BCUT2D eigenvalue weighted by Crippen LogP contribution is 2.26. The van der Waals surface area contributed by atoms with Crippen molar-refractivity contribution in [2.45, 2.75) is 13.3 Å². The first kappa shape index (κ1) is 17.7. The van der Waals surface area contributed by atoms with Gasteiger partial charge in [0.15, 0.2) is 5.78 Å². The molecule has 1 aromatic carbocycles. The van der Waals surface area contributed by atoms with Crippen molar-refractivity contribution in [1.82, 2.24) is 4.90 Å². The molecule has 3 nitrogen and oxygen atoms in total. The fourth-order valence-corrected chi connectivity index (χ4v) is 1.93. The molecule has 0 bridgehead atoms. The van der Waals surface area contributed by atoms with Gasteiger partial charge in [-0.25, -0.2) is 4.39 Å². The van der Waals surface area contributed by atoms with E-state index in [0.717, 1.165) is 0 Å². The smallest absolute Gasteiger partial charge is 0.188 e. The first-order chi connectivity index (χ1) is 9.99. The third kappa shape index (κ3) is 5.48. The number of rotatable bonds is 9. The molecular formula is C16H21ClFNO2. The lowest BCUT2D eigenvalue weighted by molar-refractivity contribution is 0.103. The van der Waals surface area contributed by atoms with Crippen molar-refractivity contribution in [2.75, 3.05) is 33.4 Å². The van der Waals surface area contributed by atoms with Crippen molar-refractivity contribution in [3.8, 4) is 5.75 Å². The summed E-state index contributed by atoms with van der Waals surface area (Å²) in [7, 11) is 1.82. The molecule has 0 saturated carbocycles. The monoisotopic (exact) mass is 313 g/mol. The van der Waals surface area contributed by atoms with Gasteiger partial charge in [-0.3, -0.25) is 4.79 Å². The van der Waals surface area contributed by atoms with Gasteiger partial charge in [-0.05, 0) is 37.2 Å². The molecule has 0 amide bonds. The van der Waals surface area contributed by atoms with Crippen LogP contribution in [-0.2, 0) is 0 Å².